The second-order valence-corrected chi connectivity index (χ2v) is 7.76. The third kappa shape index (κ3) is 3.79. The number of amides is 1. The Kier molecular flexibility index (Phi) is 5.42. The molecule has 0 saturated carbocycles. The van der Waals surface area contributed by atoms with Crippen molar-refractivity contribution < 1.29 is 13.9 Å². The highest BCUT2D eigenvalue weighted by Crippen LogP contribution is 2.34. The summed E-state index contributed by atoms with van der Waals surface area (Å²) in [4.78, 5) is 17.5. The number of ether oxygens (including phenoxy) is 1. The maximum absolute atomic E-state index is 14.3. The fourth-order valence-corrected chi connectivity index (χ4v) is 4.45. The number of fused-ring (bicyclic) bond motifs is 1. The minimum Gasteiger partial charge on any atom is -0.380 e. The van der Waals surface area contributed by atoms with Crippen LogP contribution >= 0.6 is 11.3 Å². The molecule has 2 heterocycles. The molecule has 2 aromatic carbocycles. The first kappa shape index (κ1) is 19.3. The number of hydrogen-bond acceptors (Lipinski definition) is 4. The number of imidazole rings is 1. The normalized spacial score (nSPS) is 12.2. The third-order valence-corrected chi connectivity index (χ3v) is 6.00. The van der Waals surface area contributed by atoms with Crippen molar-refractivity contribution in [1.82, 2.24) is 14.9 Å². The fraction of sp³-hybridized carbons (Fsp3) is 0.182. The van der Waals surface area contributed by atoms with E-state index in [9.17, 15) is 9.18 Å². The first-order valence-corrected chi connectivity index (χ1v) is 9.98. The van der Waals surface area contributed by atoms with Crippen molar-refractivity contribution in [3.8, 4) is 5.69 Å². The van der Waals surface area contributed by atoms with Crippen LogP contribution in [-0.2, 0) is 11.3 Å². The third-order valence-electron chi connectivity index (χ3n) is 4.80. The van der Waals surface area contributed by atoms with Gasteiger partial charge in [0.15, 0.2) is 0 Å². The molecule has 1 N–H and O–H groups in total. The van der Waals surface area contributed by atoms with Crippen LogP contribution in [0.25, 0.3) is 15.8 Å². The summed E-state index contributed by atoms with van der Waals surface area (Å²) < 4.78 is 22.2. The predicted octanol–water partition coefficient (Wildman–Crippen LogP) is 4.86. The Morgan fingerprint density at radius 3 is 2.76 bits per heavy atom. The van der Waals surface area contributed by atoms with Crippen LogP contribution in [0, 0.1) is 5.82 Å². The van der Waals surface area contributed by atoms with Crippen LogP contribution in [0.4, 0.5) is 4.39 Å². The average molecular weight is 409 g/mol. The van der Waals surface area contributed by atoms with E-state index in [0.717, 1.165) is 16.0 Å². The Morgan fingerprint density at radius 1 is 1.28 bits per heavy atom. The van der Waals surface area contributed by atoms with Gasteiger partial charge in [0.25, 0.3) is 5.91 Å². The summed E-state index contributed by atoms with van der Waals surface area (Å²) in [6, 6.07) is 12.6. The maximum atomic E-state index is 14.3. The summed E-state index contributed by atoms with van der Waals surface area (Å²) >= 11 is 1.28. The summed E-state index contributed by atoms with van der Waals surface area (Å²) in [5, 5.41) is 3.48. The van der Waals surface area contributed by atoms with Gasteiger partial charge in [-0.05, 0) is 36.8 Å². The molecule has 4 rings (SSSR count). The highest BCUT2D eigenvalue weighted by Gasteiger charge is 2.22. The molecule has 0 unspecified atom stereocenters. The first-order chi connectivity index (χ1) is 14.1. The molecule has 0 bridgehead atoms. The Morgan fingerprint density at radius 2 is 2.07 bits per heavy atom. The maximum Gasteiger partial charge on any atom is 0.262 e. The minimum absolute atomic E-state index is 0.178. The van der Waals surface area contributed by atoms with Crippen LogP contribution in [0.3, 0.4) is 0 Å². The summed E-state index contributed by atoms with van der Waals surface area (Å²) in [6.45, 7) is 2.10. The van der Waals surface area contributed by atoms with E-state index in [0.29, 0.717) is 15.8 Å². The molecule has 1 atom stereocenters. The van der Waals surface area contributed by atoms with Gasteiger partial charge in [0.2, 0.25) is 0 Å². The van der Waals surface area contributed by atoms with E-state index in [-0.39, 0.29) is 24.4 Å². The van der Waals surface area contributed by atoms with Crippen molar-refractivity contribution in [2.24, 2.45) is 0 Å². The van der Waals surface area contributed by atoms with Crippen molar-refractivity contribution in [3.05, 3.63) is 83.0 Å². The van der Waals surface area contributed by atoms with Gasteiger partial charge in [-0.3, -0.25) is 4.79 Å². The average Bonchev–Trinajstić information content (AvgIpc) is 3.37. The number of rotatable bonds is 6. The van der Waals surface area contributed by atoms with Gasteiger partial charge in [-0.15, -0.1) is 11.3 Å². The van der Waals surface area contributed by atoms with Crippen LogP contribution in [0.2, 0.25) is 0 Å². The number of carbonyl (C=O) groups is 1. The van der Waals surface area contributed by atoms with E-state index in [4.69, 9.17) is 4.74 Å². The molecule has 0 aliphatic heterocycles. The molecule has 0 aliphatic rings. The molecule has 2 aromatic heterocycles. The number of methoxy groups -OCH3 is 1. The second kappa shape index (κ2) is 8.14. The van der Waals surface area contributed by atoms with Gasteiger partial charge in [0, 0.05) is 40.8 Å². The molecule has 5 nitrogen and oxygen atoms in total. The largest absolute Gasteiger partial charge is 0.380 e. The van der Waals surface area contributed by atoms with E-state index in [2.05, 4.69) is 10.3 Å². The Bertz CT molecular complexity index is 1140. The number of thiophene rings is 1. The topological polar surface area (TPSA) is 56.1 Å². The SMILES string of the molecule is COCc1c(C(=O)N[C@@H](C)c2ccc(-n3ccnc3)cc2)sc2cccc(F)c12. The zero-order chi connectivity index (χ0) is 20.4. The molecule has 4 aromatic rings. The van der Waals surface area contributed by atoms with Crippen molar-refractivity contribution in [2.45, 2.75) is 19.6 Å². The number of benzene rings is 2. The smallest absolute Gasteiger partial charge is 0.262 e. The quantitative estimate of drug-likeness (QED) is 0.495. The number of carbonyl (C=O) groups excluding carboxylic acids is 1. The number of aromatic nitrogens is 2. The van der Waals surface area contributed by atoms with Gasteiger partial charge in [-0.2, -0.15) is 0 Å². The lowest BCUT2D eigenvalue weighted by molar-refractivity contribution is 0.0940. The van der Waals surface area contributed by atoms with Gasteiger partial charge in [-0.1, -0.05) is 18.2 Å². The molecule has 0 spiro atoms. The molecule has 1 amide bonds. The van der Waals surface area contributed by atoms with E-state index in [1.165, 1.54) is 24.5 Å². The van der Waals surface area contributed by atoms with Crippen LogP contribution < -0.4 is 5.32 Å². The van der Waals surface area contributed by atoms with E-state index in [1.807, 2.05) is 48.0 Å². The van der Waals surface area contributed by atoms with Crippen molar-refractivity contribution >= 4 is 27.3 Å². The molecule has 148 valence electrons. The molecule has 0 fully saturated rings. The Labute approximate surface area is 171 Å². The molecule has 0 radical (unpaired) electrons. The van der Waals surface area contributed by atoms with Gasteiger partial charge in [0.05, 0.1) is 23.9 Å². The van der Waals surface area contributed by atoms with Crippen LogP contribution in [0.15, 0.2) is 61.2 Å². The predicted molar refractivity (Wildman–Crippen MR) is 112 cm³/mol. The molecule has 0 aliphatic carbocycles. The fourth-order valence-electron chi connectivity index (χ4n) is 3.33. The highest BCUT2D eigenvalue weighted by atomic mass is 32.1. The highest BCUT2D eigenvalue weighted by molar-refractivity contribution is 7.21. The van der Waals surface area contributed by atoms with Gasteiger partial charge in [-0.25, -0.2) is 9.37 Å². The van der Waals surface area contributed by atoms with Gasteiger partial charge >= 0.3 is 0 Å². The minimum atomic E-state index is -0.340. The Hall–Kier alpha value is -3.03. The number of nitrogens with zero attached hydrogens (tertiary/aromatic N) is 2. The summed E-state index contributed by atoms with van der Waals surface area (Å²) in [5.41, 5.74) is 2.56. The number of hydrogen-bond donors (Lipinski definition) is 1. The van der Waals surface area contributed by atoms with E-state index in [1.54, 1.807) is 18.6 Å². The molecular formula is C22H20FN3O2S. The zero-order valence-electron chi connectivity index (χ0n) is 16.1. The van der Waals surface area contributed by atoms with Crippen LogP contribution in [-0.4, -0.2) is 22.6 Å². The van der Waals surface area contributed by atoms with Crippen LogP contribution in [0.5, 0.6) is 0 Å². The summed E-state index contributed by atoms with van der Waals surface area (Å²) in [7, 11) is 1.54. The van der Waals surface area contributed by atoms with Crippen molar-refractivity contribution in [2.75, 3.05) is 7.11 Å². The number of halogens is 1. The lowest BCUT2D eigenvalue weighted by Gasteiger charge is -2.15. The molecule has 0 saturated heterocycles. The van der Waals surface area contributed by atoms with E-state index >= 15 is 0 Å². The molecule has 29 heavy (non-hydrogen) atoms. The van der Waals surface area contributed by atoms with Gasteiger partial charge < -0.3 is 14.6 Å². The monoisotopic (exact) mass is 409 g/mol. The van der Waals surface area contributed by atoms with Gasteiger partial charge in [0.1, 0.15) is 5.82 Å². The molecular weight excluding hydrogens is 389 g/mol. The lowest BCUT2D eigenvalue weighted by atomic mass is 10.1. The summed E-state index contributed by atoms with van der Waals surface area (Å²) in [5.74, 6) is -0.572. The standard InChI is InChI=1S/C22H20FN3O2S/c1-14(15-6-8-16(9-7-15)26-11-10-24-13-26)25-22(27)21-17(12-28-2)20-18(23)4-3-5-19(20)29-21/h3-11,13-14H,12H2,1-2H3,(H,25,27)/t14-/m0/s1. The Balaban J connectivity index is 1.57. The molecule has 7 heteroatoms. The van der Waals surface area contributed by atoms with Crippen molar-refractivity contribution in [1.29, 1.82) is 0 Å². The summed E-state index contributed by atoms with van der Waals surface area (Å²) in [6.07, 6.45) is 5.33. The van der Waals surface area contributed by atoms with Crippen LogP contribution in [0.1, 0.15) is 33.8 Å². The van der Waals surface area contributed by atoms with Crippen molar-refractivity contribution in [3.63, 3.8) is 0 Å². The van der Waals surface area contributed by atoms with E-state index < -0.39 is 0 Å². The number of nitrogens with one attached hydrogen (secondary N) is 1. The second-order valence-electron chi connectivity index (χ2n) is 6.71. The first-order valence-electron chi connectivity index (χ1n) is 9.16. The lowest BCUT2D eigenvalue weighted by Crippen LogP contribution is -2.26. The zero-order valence-corrected chi connectivity index (χ0v) is 16.9.